The Morgan fingerprint density at radius 1 is 1.16 bits per heavy atom. The molecule has 1 aromatic heterocycles. The monoisotopic (exact) mass is 452 g/mol. The molecule has 2 aromatic rings. The van der Waals surface area contributed by atoms with E-state index in [-0.39, 0.29) is 28.3 Å². The van der Waals surface area contributed by atoms with Gasteiger partial charge in [0.15, 0.2) is 6.61 Å². The van der Waals surface area contributed by atoms with Gasteiger partial charge in [0.1, 0.15) is 5.75 Å². The molecule has 0 spiro atoms. The molecule has 1 aliphatic heterocycles. The van der Waals surface area contributed by atoms with Gasteiger partial charge in [0, 0.05) is 29.3 Å². The largest absolute Gasteiger partial charge is 0.483 e. The van der Waals surface area contributed by atoms with Gasteiger partial charge in [-0.25, -0.2) is 0 Å². The Labute approximate surface area is 181 Å². The topological polar surface area (TPSA) is 71.2 Å². The number of H-pyrrole nitrogens is 1. The highest BCUT2D eigenvalue weighted by molar-refractivity contribution is 6.32. The fourth-order valence-electron chi connectivity index (χ4n) is 3.61. The molecule has 164 valence electrons. The molecule has 0 radical (unpaired) electrons. The van der Waals surface area contributed by atoms with Crippen molar-refractivity contribution in [1.29, 1.82) is 0 Å². The van der Waals surface area contributed by atoms with Crippen LogP contribution in [0.3, 0.4) is 0 Å². The van der Waals surface area contributed by atoms with Gasteiger partial charge < -0.3 is 15.0 Å². The van der Waals surface area contributed by atoms with Gasteiger partial charge in [-0.15, -0.1) is 0 Å². The number of halogens is 4. The molecule has 31 heavy (non-hydrogen) atoms. The van der Waals surface area contributed by atoms with Crippen LogP contribution in [-0.4, -0.2) is 29.7 Å². The van der Waals surface area contributed by atoms with Crippen LogP contribution >= 0.6 is 11.6 Å². The lowest BCUT2D eigenvalue weighted by Crippen LogP contribution is -2.23. The molecular formula is C22H20ClF3N2O3. The molecule has 4 rings (SSSR count). The second-order valence-corrected chi connectivity index (χ2v) is 8.18. The lowest BCUT2D eigenvalue weighted by molar-refractivity contribution is -0.153. The van der Waals surface area contributed by atoms with Crippen molar-refractivity contribution in [2.24, 2.45) is 0 Å². The number of carbonyl (C=O) groups is 1. The van der Waals surface area contributed by atoms with Crippen molar-refractivity contribution in [1.82, 2.24) is 10.3 Å². The number of aromatic nitrogens is 1. The second-order valence-electron chi connectivity index (χ2n) is 7.77. The average Bonchev–Trinajstić information content (AvgIpc) is 3.45. The SMILES string of the molecule is O=C1CC[C@H](/C=C(/c2ccc(OCC(F)(F)F)c(Cl)c2)c2ccc(C3CC3)c(=O)[nH]2)N1. The molecule has 2 aliphatic rings. The van der Waals surface area contributed by atoms with Gasteiger partial charge in [0.05, 0.1) is 5.02 Å². The van der Waals surface area contributed by atoms with Gasteiger partial charge in [-0.2, -0.15) is 13.2 Å². The summed E-state index contributed by atoms with van der Waals surface area (Å²) in [5.74, 6) is 0.139. The molecule has 2 heterocycles. The first-order valence-electron chi connectivity index (χ1n) is 9.94. The molecule has 0 unspecified atom stereocenters. The smallest absolute Gasteiger partial charge is 0.422 e. The minimum Gasteiger partial charge on any atom is -0.483 e. The maximum Gasteiger partial charge on any atom is 0.422 e. The lowest BCUT2D eigenvalue weighted by Gasteiger charge is -2.15. The molecule has 0 bridgehead atoms. The molecule has 9 heteroatoms. The standard InChI is InChI=1S/C22H20ClF3N2O3/c23-17-9-13(3-7-19(17)31-11-22(24,25)26)16(10-14-4-8-20(29)27-14)18-6-5-15(12-1-2-12)21(30)28-18/h3,5-7,9-10,12,14H,1-2,4,8,11H2,(H,27,29)(H,28,30)/b16-10-/t14-/m1/s1. The second kappa shape index (κ2) is 8.42. The average molecular weight is 453 g/mol. The van der Waals surface area contributed by atoms with E-state index in [2.05, 4.69) is 10.3 Å². The first-order valence-corrected chi connectivity index (χ1v) is 10.3. The highest BCUT2D eigenvalue weighted by atomic mass is 35.5. The summed E-state index contributed by atoms with van der Waals surface area (Å²) in [5, 5.41) is 2.86. The first-order chi connectivity index (χ1) is 14.7. The maximum absolute atomic E-state index is 12.5. The Balaban J connectivity index is 1.68. The van der Waals surface area contributed by atoms with E-state index in [1.54, 1.807) is 18.2 Å². The van der Waals surface area contributed by atoms with Gasteiger partial charge in [-0.05, 0) is 48.9 Å². The highest BCUT2D eigenvalue weighted by Crippen LogP contribution is 2.38. The number of aromatic amines is 1. The van der Waals surface area contributed by atoms with Crippen LogP contribution in [0.25, 0.3) is 5.57 Å². The van der Waals surface area contributed by atoms with Gasteiger partial charge in [0.2, 0.25) is 5.91 Å². The zero-order chi connectivity index (χ0) is 22.2. The van der Waals surface area contributed by atoms with E-state index < -0.39 is 12.8 Å². The number of hydrogen-bond donors (Lipinski definition) is 2. The van der Waals surface area contributed by atoms with Crippen molar-refractivity contribution in [2.75, 3.05) is 6.61 Å². The molecule has 1 saturated heterocycles. The molecule has 5 nitrogen and oxygen atoms in total. The molecular weight excluding hydrogens is 433 g/mol. The third-order valence-corrected chi connectivity index (χ3v) is 5.57. The van der Waals surface area contributed by atoms with E-state index in [1.807, 2.05) is 6.08 Å². The van der Waals surface area contributed by atoms with Crippen LogP contribution in [0.2, 0.25) is 5.02 Å². The minimum absolute atomic E-state index is 0.0139. The summed E-state index contributed by atoms with van der Waals surface area (Å²) in [4.78, 5) is 27.1. The van der Waals surface area contributed by atoms with Crippen molar-refractivity contribution in [2.45, 2.75) is 43.8 Å². The summed E-state index contributed by atoms with van der Waals surface area (Å²) in [7, 11) is 0. The highest BCUT2D eigenvalue weighted by Gasteiger charge is 2.29. The number of nitrogens with one attached hydrogen (secondary N) is 2. The molecule has 2 fully saturated rings. The number of hydrogen-bond acceptors (Lipinski definition) is 3. The van der Waals surface area contributed by atoms with E-state index in [4.69, 9.17) is 16.3 Å². The van der Waals surface area contributed by atoms with Crippen molar-refractivity contribution >= 4 is 23.1 Å². The predicted octanol–water partition coefficient (Wildman–Crippen LogP) is 4.56. The zero-order valence-electron chi connectivity index (χ0n) is 16.4. The Morgan fingerprint density at radius 3 is 2.52 bits per heavy atom. The summed E-state index contributed by atoms with van der Waals surface area (Å²) in [6, 6.07) is 7.81. The molecule has 1 atom stereocenters. The van der Waals surface area contributed by atoms with Gasteiger partial charge >= 0.3 is 6.18 Å². The number of amides is 1. The predicted molar refractivity (Wildman–Crippen MR) is 110 cm³/mol. The Morgan fingerprint density at radius 2 is 1.94 bits per heavy atom. The Kier molecular flexibility index (Phi) is 5.83. The van der Waals surface area contributed by atoms with E-state index in [0.717, 1.165) is 18.4 Å². The molecule has 1 aliphatic carbocycles. The quantitative estimate of drug-likeness (QED) is 0.675. The van der Waals surface area contributed by atoms with Gasteiger partial charge in [-0.1, -0.05) is 29.8 Å². The van der Waals surface area contributed by atoms with Crippen molar-refractivity contribution < 1.29 is 22.7 Å². The van der Waals surface area contributed by atoms with Crippen LogP contribution in [0.5, 0.6) is 5.75 Å². The molecule has 1 saturated carbocycles. The fraction of sp³-hybridized carbons (Fsp3) is 0.364. The van der Waals surface area contributed by atoms with Gasteiger partial charge in [-0.3, -0.25) is 9.59 Å². The summed E-state index contributed by atoms with van der Waals surface area (Å²) in [6.07, 6.45) is 0.345. The van der Waals surface area contributed by atoms with E-state index in [9.17, 15) is 22.8 Å². The summed E-state index contributed by atoms with van der Waals surface area (Å²) in [5.41, 5.74) is 2.32. The third kappa shape index (κ3) is 5.31. The van der Waals surface area contributed by atoms with Gasteiger partial charge in [0.25, 0.3) is 5.56 Å². The summed E-state index contributed by atoms with van der Waals surface area (Å²) in [6.45, 7) is -1.45. The first kappa shape index (κ1) is 21.5. The number of benzene rings is 1. The van der Waals surface area contributed by atoms with Crippen molar-refractivity contribution in [3.05, 3.63) is 68.6 Å². The number of carbonyl (C=O) groups excluding carboxylic acids is 1. The molecule has 1 aromatic carbocycles. The van der Waals surface area contributed by atoms with E-state index in [0.29, 0.717) is 35.6 Å². The van der Waals surface area contributed by atoms with Crippen LogP contribution < -0.4 is 15.6 Å². The number of alkyl halides is 3. The molecule has 2 N–H and O–H groups in total. The van der Waals surface area contributed by atoms with E-state index in [1.165, 1.54) is 12.1 Å². The zero-order valence-corrected chi connectivity index (χ0v) is 17.1. The van der Waals surface area contributed by atoms with Crippen LogP contribution in [0, 0.1) is 0 Å². The summed E-state index contributed by atoms with van der Waals surface area (Å²) >= 11 is 6.17. The maximum atomic E-state index is 12.5. The van der Waals surface area contributed by atoms with Crippen LogP contribution in [0.15, 0.2) is 41.2 Å². The van der Waals surface area contributed by atoms with Crippen molar-refractivity contribution in [3.8, 4) is 5.75 Å². The Bertz CT molecular complexity index is 1090. The normalized spacial score (nSPS) is 19.4. The van der Waals surface area contributed by atoms with Crippen LogP contribution in [0.1, 0.15) is 48.4 Å². The van der Waals surface area contributed by atoms with Crippen LogP contribution in [0.4, 0.5) is 13.2 Å². The molecule has 1 amide bonds. The van der Waals surface area contributed by atoms with E-state index >= 15 is 0 Å². The number of pyridine rings is 1. The minimum atomic E-state index is -4.48. The number of ether oxygens (including phenoxy) is 1. The van der Waals surface area contributed by atoms with Crippen molar-refractivity contribution in [3.63, 3.8) is 0 Å². The summed E-state index contributed by atoms with van der Waals surface area (Å²) < 4.78 is 42.1. The van der Waals surface area contributed by atoms with Crippen LogP contribution in [-0.2, 0) is 4.79 Å². The Hall–Kier alpha value is -2.74. The third-order valence-electron chi connectivity index (χ3n) is 5.28. The number of rotatable bonds is 6. The fourth-order valence-corrected chi connectivity index (χ4v) is 3.84. The lowest BCUT2D eigenvalue weighted by atomic mass is 9.98.